The van der Waals surface area contributed by atoms with Crippen LogP contribution in [0.5, 0.6) is 0 Å². The first-order valence-electron chi connectivity index (χ1n) is 10.6. The summed E-state index contributed by atoms with van der Waals surface area (Å²) in [6.07, 6.45) is 4.05. The monoisotopic (exact) mass is 433 g/mol. The lowest BCUT2D eigenvalue weighted by Gasteiger charge is -2.23. The number of carbonyl (C=O) groups excluding carboxylic acids is 1. The van der Waals surface area contributed by atoms with Gasteiger partial charge in [0.15, 0.2) is 5.65 Å². The Morgan fingerprint density at radius 3 is 2.43 bits per heavy atom. The molecule has 1 aliphatic heterocycles. The van der Waals surface area contributed by atoms with Gasteiger partial charge in [-0.25, -0.2) is 22.4 Å². The molecule has 2 fully saturated rings. The fourth-order valence-corrected chi connectivity index (χ4v) is 5.01. The maximum Gasteiger partial charge on any atom is 0.254 e. The van der Waals surface area contributed by atoms with Crippen molar-refractivity contribution in [2.45, 2.75) is 58.4 Å². The molecule has 9 heteroatoms. The van der Waals surface area contributed by atoms with Gasteiger partial charge in [0.1, 0.15) is 0 Å². The first kappa shape index (κ1) is 21.2. The van der Waals surface area contributed by atoms with Crippen LogP contribution in [-0.4, -0.2) is 70.7 Å². The molecule has 2 aromatic heterocycles. The maximum atomic E-state index is 13.6. The molecule has 0 unspecified atom stereocenters. The van der Waals surface area contributed by atoms with Crippen LogP contribution < -0.4 is 0 Å². The molecule has 1 aliphatic carbocycles. The molecule has 1 saturated heterocycles. The number of hydrogen-bond acceptors (Lipinski definition) is 5. The normalized spacial score (nSPS) is 19.3. The molecule has 0 radical (unpaired) electrons. The van der Waals surface area contributed by atoms with E-state index in [9.17, 15) is 13.2 Å². The van der Waals surface area contributed by atoms with Gasteiger partial charge in [0.2, 0.25) is 10.0 Å². The van der Waals surface area contributed by atoms with Crippen molar-refractivity contribution in [2.75, 3.05) is 32.4 Å². The summed E-state index contributed by atoms with van der Waals surface area (Å²) in [5.74, 6) is 0.352. The number of nitrogens with zero attached hydrogens (tertiary/aromatic N) is 5. The molecular weight excluding hydrogens is 402 g/mol. The lowest BCUT2D eigenvalue weighted by Crippen LogP contribution is -2.37. The Hall–Kier alpha value is -2.00. The van der Waals surface area contributed by atoms with Crippen LogP contribution in [0, 0.1) is 6.92 Å². The predicted octanol–water partition coefficient (Wildman–Crippen LogP) is 2.48. The zero-order valence-corrected chi connectivity index (χ0v) is 19.3. The molecule has 2 aliphatic rings. The van der Waals surface area contributed by atoms with Gasteiger partial charge in [0.05, 0.1) is 28.4 Å². The van der Waals surface area contributed by atoms with Gasteiger partial charge in [-0.3, -0.25) is 4.79 Å². The summed E-state index contributed by atoms with van der Waals surface area (Å²) in [4.78, 5) is 20.3. The highest BCUT2D eigenvalue weighted by molar-refractivity contribution is 7.88. The van der Waals surface area contributed by atoms with Crippen molar-refractivity contribution in [3.8, 4) is 0 Å². The first-order valence-corrected chi connectivity index (χ1v) is 12.5. The fourth-order valence-electron chi connectivity index (χ4n) is 4.13. The Morgan fingerprint density at radius 1 is 1.13 bits per heavy atom. The van der Waals surface area contributed by atoms with Gasteiger partial charge in [-0.05, 0) is 53.0 Å². The Kier molecular flexibility index (Phi) is 5.17. The molecule has 1 amide bonds. The summed E-state index contributed by atoms with van der Waals surface area (Å²) < 4.78 is 27.2. The van der Waals surface area contributed by atoms with Gasteiger partial charge < -0.3 is 4.90 Å². The smallest absolute Gasteiger partial charge is 0.254 e. The highest BCUT2D eigenvalue weighted by Crippen LogP contribution is 2.41. The van der Waals surface area contributed by atoms with Crippen LogP contribution in [0.4, 0.5) is 0 Å². The topological polar surface area (TPSA) is 88.4 Å². The van der Waals surface area contributed by atoms with E-state index in [-0.39, 0.29) is 11.4 Å². The molecule has 3 heterocycles. The van der Waals surface area contributed by atoms with E-state index in [1.807, 2.05) is 17.7 Å². The van der Waals surface area contributed by atoms with E-state index in [2.05, 4.69) is 20.8 Å². The number of aryl methyl sites for hydroxylation is 1. The molecule has 164 valence electrons. The van der Waals surface area contributed by atoms with Gasteiger partial charge in [-0.2, -0.15) is 5.10 Å². The van der Waals surface area contributed by atoms with Crippen LogP contribution in [0.25, 0.3) is 11.0 Å². The number of amides is 1. The summed E-state index contributed by atoms with van der Waals surface area (Å²) in [5.41, 5.74) is 2.92. The Bertz CT molecular complexity index is 1100. The van der Waals surface area contributed by atoms with E-state index >= 15 is 0 Å². The Morgan fingerprint density at radius 2 is 1.83 bits per heavy atom. The van der Waals surface area contributed by atoms with Crippen LogP contribution >= 0.6 is 0 Å². The summed E-state index contributed by atoms with van der Waals surface area (Å²) >= 11 is 0. The van der Waals surface area contributed by atoms with E-state index in [1.54, 1.807) is 4.90 Å². The van der Waals surface area contributed by atoms with E-state index in [4.69, 9.17) is 10.1 Å². The molecular formula is C21H31N5O3S. The summed E-state index contributed by atoms with van der Waals surface area (Å²) in [6.45, 7) is 9.88. The molecule has 0 spiro atoms. The average Bonchev–Trinajstić information content (AvgIpc) is 3.45. The second-order valence-electron chi connectivity index (χ2n) is 9.54. The molecule has 2 aromatic rings. The zero-order chi connectivity index (χ0) is 21.8. The van der Waals surface area contributed by atoms with Gasteiger partial charge in [0, 0.05) is 37.8 Å². The van der Waals surface area contributed by atoms with Gasteiger partial charge in [0.25, 0.3) is 5.91 Å². The van der Waals surface area contributed by atoms with Crippen LogP contribution in [0.1, 0.15) is 67.7 Å². The molecule has 4 rings (SSSR count). The average molecular weight is 434 g/mol. The maximum absolute atomic E-state index is 13.6. The Labute approximate surface area is 178 Å². The van der Waals surface area contributed by atoms with E-state index < -0.39 is 10.0 Å². The molecule has 0 N–H and O–H groups in total. The van der Waals surface area contributed by atoms with Crippen LogP contribution in [0.2, 0.25) is 0 Å². The number of sulfonamides is 1. The van der Waals surface area contributed by atoms with Crippen molar-refractivity contribution in [2.24, 2.45) is 0 Å². The standard InChI is InChI=1S/C21H31N5O3S/c1-14-18-16(20(27)24-9-6-10-25(12-11-24)30(5,28)29)13-17(15-7-8-15)22-19(18)26(23-14)21(2,3)4/h13,15H,6-12H2,1-5H3. The highest BCUT2D eigenvalue weighted by Gasteiger charge is 2.32. The Balaban J connectivity index is 1.76. The minimum absolute atomic E-state index is 0.0591. The van der Waals surface area contributed by atoms with Crippen LogP contribution in [0.15, 0.2) is 6.07 Å². The van der Waals surface area contributed by atoms with Crippen molar-refractivity contribution in [1.29, 1.82) is 0 Å². The first-order chi connectivity index (χ1) is 14.0. The van der Waals surface area contributed by atoms with Crippen molar-refractivity contribution >= 4 is 27.0 Å². The van der Waals surface area contributed by atoms with Crippen LogP contribution in [0.3, 0.4) is 0 Å². The van der Waals surface area contributed by atoms with E-state index in [0.29, 0.717) is 44.1 Å². The second-order valence-corrected chi connectivity index (χ2v) is 11.5. The molecule has 1 saturated carbocycles. The molecule has 0 atom stereocenters. The van der Waals surface area contributed by atoms with Gasteiger partial charge in [-0.15, -0.1) is 0 Å². The number of fused-ring (bicyclic) bond motifs is 1. The number of hydrogen-bond donors (Lipinski definition) is 0. The molecule has 0 bridgehead atoms. The third-order valence-corrected chi connectivity index (χ3v) is 7.21. The minimum Gasteiger partial charge on any atom is -0.337 e. The van der Waals surface area contributed by atoms with Crippen LogP contribution in [-0.2, 0) is 15.6 Å². The fraction of sp³-hybridized carbons (Fsp3) is 0.667. The highest BCUT2D eigenvalue weighted by atomic mass is 32.2. The quantitative estimate of drug-likeness (QED) is 0.742. The van der Waals surface area contributed by atoms with Crippen molar-refractivity contribution < 1.29 is 13.2 Å². The van der Waals surface area contributed by atoms with Gasteiger partial charge in [-0.1, -0.05) is 0 Å². The summed E-state index contributed by atoms with van der Waals surface area (Å²) in [6, 6.07) is 1.95. The lowest BCUT2D eigenvalue weighted by molar-refractivity contribution is 0.0766. The minimum atomic E-state index is -3.26. The molecule has 8 nitrogen and oxygen atoms in total. The third-order valence-electron chi connectivity index (χ3n) is 5.91. The zero-order valence-electron chi connectivity index (χ0n) is 18.5. The van der Waals surface area contributed by atoms with Crippen molar-refractivity contribution in [3.63, 3.8) is 0 Å². The van der Waals surface area contributed by atoms with Gasteiger partial charge >= 0.3 is 0 Å². The SMILES string of the molecule is Cc1nn(C(C)(C)C)c2nc(C3CC3)cc(C(=O)N3CCCN(S(C)(=O)=O)CC3)c12. The third kappa shape index (κ3) is 3.97. The summed E-state index contributed by atoms with van der Waals surface area (Å²) in [7, 11) is -3.26. The lowest BCUT2D eigenvalue weighted by atomic mass is 10.1. The number of carbonyl (C=O) groups is 1. The van der Waals surface area contributed by atoms with E-state index in [0.717, 1.165) is 35.3 Å². The number of rotatable bonds is 3. The van der Waals surface area contributed by atoms with Crippen molar-refractivity contribution in [1.82, 2.24) is 24.0 Å². The van der Waals surface area contributed by atoms with E-state index in [1.165, 1.54) is 10.6 Å². The number of pyridine rings is 1. The number of aromatic nitrogens is 3. The largest absolute Gasteiger partial charge is 0.337 e. The molecule has 0 aromatic carbocycles. The summed E-state index contributed by atoms with van der Waals surface area (Å²) in [5, 5.41) is 5.54. The molecule has 30 heavy (non-hydrogen) atoms. The second kappa shape index (κ2) is 7.30. The van der Waals surface area contributed by atoms with Crippen molar-refractivity contribution in [3.05, 3.63) is 23.0 Å². The predicted molar refractivity (Wildman–Crippen MR) is 116 cm³/mol.